The maximum atomic E-state index is 4.32. The third-order valence-electron chi connectivity index (χ3n) is 3.87. The lowest BCUT2D eigenvalue weighted by atomic mass is 9.79. The number of rotatable bonds is 4. The molecule has 4 nitrogen and oxygen atoms in total. The Labute approximate surface area is 117 Å². The molecule has 0 atom stereocenters. The predicted octanol–water partition coefficient (Wildman–Crippen LogP) is 2.30. The fourth-order valence-electron chi connectivity index (χ4n) is 3.51. The number of hydrogen-bond donors (Lipinski definition) is 2. The number of nitrogens with zero attached hydrogens (tertiary/aromatic N) is 2. The highest BCUT2D eigenvalue weighted by molar-refractivity contribution is 5.03. The molecule has 19 heavy (non-hydrogen) atoms. The lowest BCUT2D eigenvalue weighted by Gasteiger charge is -2.46. The van der Waals surface area contributed by atoms with Crippen LogP contribution in [0.15, 0.2) is 12.3 Å². The Morgan fingerprint density at radius 2 is 1.95 bits per heavy atom. The van der Waals surface area contributed by atoms with Gasteiger partial charge in [0.2, 0.25) is 0 Å². The number of piperidine rings is 1. The molecule has 0 radical (unpaired) electrons. The summed E-state index contributed by atoms with van der Waals surface area (Å²) >= 11 is 0. The first kappa shape index (κ1) is 14.5. The molecular formula is C15H28N4. The van der Waals surface area contributed by atoms with E-state index in [4.69, 9.17) is 0 Å². The second-order valence-corrected chi connectivity index (χ2v) is 7.02. The summed E-state index contributed by atoms with van der Waals surface area (Å²) in [6.45, 7) is 13.1. The second-order valence-electron chi connectivity index (χ2n) is 7.02. The van der Waals surface area contributed by atoms with E-state index in [0.717, 1.165) is 25.9 Å². The molecule has 0 saturated carbocycles. The molecule has 1 saturated heterocycles. The van der Waals surface area contributed by atoms with Crippen LogP contribution in [-0.2, 0) is 13.1 Å². The zero-order valence-electron chi connectivity index (χ0n) is 13.0. The molecule has 0 aliphatic carbocycles. The van der Waals surface area contributed by atoms with E-state index < -0.39 is 0 Å². The summed E-state index contributed by atoms with van der Waals surface area (Å²) in [5.41, 5.74) is 1.67. The highest BCUT2D eigenvalue weighted by Crippen LogP contribution is 2.28. The standard InChI is InChI=1S/C15H28N4/c1-6-19-13(7-8-17-19)11-16-12-9-14(2,3)18-15(4,5)10-12/h7-8,12,16,18H,6,9-11H2,1-5H3. The van der Waals surface area contributed by atoms with Crippen molar-refractivity contribution in [1.82, 2.24) is 20.4 Å². The van der Waals surface area contributed by atoms with Crippen LogP contribution in [0.2, 0.25) is 0 Å². The summed E-state index contributed by atoms with van der Waals surface area (Å²) in [6, 6.07) is 2.67. The van der Waals surface area contributed by atoms with E-state index in [1.54, 1.807) is 0 Å². The van der Waals surface area contributed by atoms with Crippen molar-refractivity contribution in [3.63, 3.8) is 0 Å². The highest BCUT2D eigenvalue weighted by Gasteiger charge is 2.37. The third-order valence-corrected chi connectivity index (χ3v) is 3.87. The minimum absolute atomic E-state index is 0.199. The molecule has 0 aromatic carbocycles. The van der Waals surface area contributed by atoms with Crippen LogP contribution in [-0.4, -0.2) is 26.9 Å². The van der Waals surface area contributed by atoms with Gasteiger partial charge in [0.15, 0.2) is 0 Å². The molecule has 0 amide bonds. The molecule has 2 rings (SSSR count). The molecule has 1 aromatic rings. The smallest absolute Gasteiger partial charge is 0.0522 e. The normalized spacial score (nSPS) is 22.6. The zero-order chi connectivity index (χ0) is 14.1. The van der Waals surface area contributed by atoms with Crippen molar-refractivity contribution in [2.75, 3.05) is 0 Å². The largest absolute Gasteiger partial charge is 0.308 e. The molecular weight excluding hydrogens is 236 g/mol. The molecule has 2 heterocycles. The van der Waals surface area contributed by atoms with E-state index in [-0.39, 0.29) is 11.1 Å². The SMILES string of the molecule is CCn1nccc1CNC1CC(C)(C)NC(C)(C)C1. The molecule has 0 bridgehead atoms. The fourth-order valence-corrected chi connectivity index (χ4v) is 3.51. The molecule has 1 aromatic heterocycles. The Kier molecular flexibility index (Phi) is 4.02. The third kappa shape index (κ3) is 3.80. The minimum atomic E-state index is 0.199. The maximum Gasteiger partial charge on any atom is 0.0522 e. The minimum Gasteiger partial charge on any atom is -0.308 e. The van der Waals surface area contributed by atoms with Crippen molar-refractivity contribution in [2.24, 2.45) is 0 Å². The summed E-state index contributed by atoms with van der Waals surface area (Å²) in [5.74, 6) is 0. The molecule has 1 fully saturated rings. The van der Waals surface area contributed by atoms with Crippen LogP contribution in [0.5, 0.6) is 0 Å². The van der Waals surface area contributed by atoms with Crippen LogP contribution in [0.25, 0.3) is 0 Å². The van der Waals surface area contributed by atoms with Gasteiger partial charge in [-0.3, -0.25) is 4.68 Å². The van der Waals surface area contributed by atoms with Gasteiger partial charge in [-0.15, -0.1) is 0 Å². The summed E-state index contributed by atoms with van der Waals surface area (Å²) in [4.78, 5) is 0. The molecule has 108 valence electrons. The maximum absolute atomic E-state index is 4.32. The van der Waals surface area contributed by atoms with E-state index in [9.17, 15) is 0 Å². The van der Waals surface area contributed by atoms with Crippen molar-refractivity contribution < 1.29 is 0 Å². The van der Waals surface area contributed by atoms with Gasteiger partial charge >= 0.3 is 0 Å². The van der Waals surface area contributed by atoms with Crippen LogP contribution >= 0.6 is 0 Å². The van der Waals surface area contributed by atoms with E-state index >= 15 is 0 Å². The monoisotopic (exact) mass is 264 g/mol. The Bertz CT molecular complexity index is 404. The zero-order valence-corrected chi connectivity index (χ0v) is 13.0. The Morgan fingerprint density at radius 3 is 2.53 bits per heavy atom. The Hall–Kier alpha value is -0.870. The predicted molar refractivity (Wildman–Crippen MR) is 79.1 cm³/mol. The first-order valence-electron chi connectivity index (χ1n) is 7.35. The molecule has 2 N–H and O–H groups in total. The summed E-state index contributed by atoms with van der Waals surface area (Å²) in [7, 11) is 0. The fraction of sp³-hybridized carbons (Fsp3) is 0.800. The summed E-state index contributed by atoms with van der Waals surface area (Å²) in [5, 5.41) is 11.7. The second kappa shape index (κ2) is 5.25. The van der Waals surface area contributed by atoms with Gasteiger partial charge in [0.1, 0.15) is 0 Å². The van der Waals surface area contributed by atoms with Gasteiger partial charge in [-0.25, -0.2) is 0 Å². The van der Waals surface area contributed by atoms with E-state index in [0.29, 0.717) is 6.04 Å². The lowest BCUT2D eigenvalue weighted by Crippen LogP contribution is -2.61. The first-order chi connectivity index (χ1) is 8.81. The van der Waals surface area contributed by atoms with Gasteiger partial charge in [-0.1, -0.05) is 0 Å². The van der Waals surface area contributed by atoms with Crippen molar-refractivity contribution in [3.05, 3.63) is 18.0 Å². The van der Waals surface area contributed by atoms with Gasteiger partial charge in [-0.05, 0) is 53.5 Å². The topological polar surface area (TPSA) is 41.9 Å². The van der Waals surface area contributed by atoms with Crippen molar-refractivity contribution in [3.8, 4) is 0 Å². The van der Waals surface area contributed by atoms with E-state index in [2.05, 4.69) is 61.1 Å². The van der Waals surface area contributed by atoms with Gasteiger partial charge in [0, 0.05) is 36.4 Å². The number of hydrogen-bond acceptors (Lipinski definition) is 3. The van der Waals surface area contributed by atoms with Crippen molar-refractivity contribution in [1.29, 1.82) is 0 Å². The van der Waals surface area contributed by atoms with E-state index in [1.165, 1.54) is 5.69 Å². The summed E-state index contributed by atoms with van der Waals surface area (Å²) in [6.07, 6.45) is 4.21. The quantitative estimate of drug-likeness (QED) is 0.877. The molecule has 1 aliphatic heterocycles. The van der Waals surface area contributed by atoms with Gasteiger partial charge in [0.25, 0.3) is 0 Å². The molecule has 4 heteroatoms. The van der Waals surface area contributed by atoms with Crippen LogP contribution in [0.3, 0.4) is 0 Å². The van der Waals surface area contributed by atoms with Crippen LogP contribution in [0.4, 0.5) is 0 Å². The highest BCUT2D eigenvalue weighted by atomic mass is 15.3. The molecule has 0 spiro atoms. The molecule has 0 unspecified atom stereocenters. The van der Waals surface area contributed by atoms with Crippen molar-refractivity contribution >= 4 is 0 Å². The Morgan fingerprint density at radius 1 is 1.32 bits per heavy atom. The number of nitrogens with one attached hydrogen (secondary N) is 2. The Balaban J connectivity index is 1.96. The van der Waals surface area contributed by atoms with E-state index in [1.807, 2.05) is 6.20 Å². The molecule has 1 aliphatic rings. The van der Waals surface area contributed by atoms with Gasteiger partial charge < -0.3 is 10.6 Å². The average molecular weight is 264 g/mol. The van der Waals surface area contributed by atoms with Crippen LogP contribution < -0.4 is 10.6 Å². The van der Waals surface area contributed by atoms with Crippen LogP contribution in [0, 0.1) is 0 Å². The number of aryl methyl sites for hydroxylation is 1. The number of aromatic nitrogens is 2. The average Bonchev–Trinajstić information content (AvgIpc) is 2.69. The summed E-state index contributed by atoms with van der Waals surface area (Å²) < 4.78 is 2.06. The van der Waals surface area contributed by atoms with Crippen molar-refractivity contribution in [2.45, 2.75) is 77.7 Å². The van der Waals surface area contributed by atoms with Gasteiger partial charge in [-0.2, -0.15) is 5.10 Å². The van der Waals surface area contributed by atoms with Crippen LogP contribution in [0.1, 0.15) is 53.2 Å². The lowest BCUT2D eigenvalue weighted by molar-refractivity contribution is 0.145. The first-order valence-corrected chi connectivity index (χ1v) is 7.35. The van der Waals surface area contributed by atoms with Gasteiger partial charge in [0.05, 0.1) is 5.69 Å².